The number of hydrogen-bond acceptors (Lipinski definition) is 5. The summed E-state index contributed by atoms with van der Waals surface area (Å²) in [7, 11) is 2.13. The van der Waals surface area contributed by atoms with Crippen molar-refractivity contribution in [1.29, 1.82) is 0 Å². The van der Waals surface area contributed by atoms with Crippen molar-refractivity contribution in [3.63, 3.8) is 0 Å². The lowest BCUT2D eigenvalue weighted by atomic mass is 9.79. The van der Waals surface area contributed by atoms with Crippen LogP contribution in [-0.4, -0.2) is 59.1 Å². The van der Waals surface area contributed by atoms with Crippen molar-refractivity contribution < 1.29 is 14.3 Å². The average Bonchev–Trinajstić information content (AvgIpc) is 2.61. The Kier molecular flexibility index (Phi) is 10.2. The van der Waals surface area contributed by atoms with Gasteiger partial charge in [-0.25, -0.2) is 4.79 Å². The number of rotatable bonds is 4. The van der Waals surface area contributed by atoms with Gasteiger partial charge in [0.15, 0.2) is 0 Å². The summed E-state index contributed by atoms with van der Waals surface area (Å²) < 4.78 is 5.48. The summed E-state index contributed by atoms with van der Waals surface area (Å²) in [5.74, 6) is 0.140. The largest absolute Gasteiger partial charge is 0.459 e. The number of nitrogens with zero attached hydrogens (tertiary/aromatic N) is 1. The first-order chi connectivity index (χ1) is 14.6. The van der Waals surface area contributed by atoms with Crippen molar-refractivity contribution in [2.45, 2.75) is 110 Å². The minimum atomic E-state index is -0.222. The zero-order chi connectivity index (χ0) is 24.7. The Balaban J connectivity index is 0.000000320. The third-order valence-electron chi connectivity index (χ3n) is 6.83. The molecule has 2 saturated heterocycles. The zero-order valence-electron chi connectivity index (χ0n) is 22.0. The first kappa shape index (κ1) is 28.4. The van der Waals surface area contributed by atoms with E-state index in [4.69, 9.17) is 4.74 Å². The van der Waals surface area contributed by atoms with Gasteiger partial charge in [0.1, 0.15) is 6.10 Å². The van der Waals surface area contributed by atoms with Crippen molar-refractivity contribution in [3.8, 4) is 0 Å². The number of carbonyl (C=O) groups excluding carboxylic acids is 2. The molecule has 0 radical (unpaired) electrons. The van der Waals surface area contributed by atoms with Crippen molar-refractivity contribution >= 4 is 11.9 Å². The third-order valence-corrected chi connectivity index (χ3v) is 6.83. The predicted molar refractivity (Wildman–Crippen MR) is 132 cm³/mol. The molecule has 2 fully saturated rings. The Bertz CT molecular complexity index is 678. The standard InChI is InChI=1S/C13H24N2O.C13H23NO2/c1-6-7-11(16)14-10-8-12(2,3)15-13(4,5)9-10;1-6-7-12(15)16-11-8-9-14(5)13(3,4)10(11)2/h6-7,10,15H,8-9H2,1-5H3,(H,14,16);6-7,10-11H,8-9H2,1-5H3/b2*7-6+. The van der Waals surface area contributed by atoms with E-state index in [9.17, 15) is 9.59 Å². The van der Waals surface area contributed by atoms with Gasteiger partial charge in [-0.2, -0.15) is 0 Å². The maximum Gasteiger partial charge on any atom is 0.330 e. The minimum absolute atomic E-state index is 0.0148. The van der Waals surface area contributed by atoms with E-state index in [0.29, 0.717) is 5.92 Å². The van der Waals surface area contributed by atoms with E-state index in [2.05, 4.69) is 71.0 Å². The molecule has 2 atom stereocenters. The van der Waals surface area contributed by atoms with Crippen molar-refractivity contribution in [3.05, 3.63) is 24.3 Å². The normalized spacial score (nSPS) is 27.6. The molecule has 32 heavy (non-hydrogen) atoms. The number of esters is 1. The number of ether oxygens (including phenoxy) is 1. The molecular weight excluding hydrogens is 402 g/mol. The summed E-state index contributed by atoms with van der Waals surface area (Å²) in [6, 6.07) is 0.259. The molecule has 2 rings (SSSR count). The molecule has 0 aromatic rings. The van der Waals surface area contributed by atoms with Crippen LogP contribution in [0.5, 0.6) is 0 Å². The molecule has 2 unspecified atom stereocenters. The topological polar surface area (TPSA) is 70.7 Å². The molecule has 0 bridgehead atoms. The highest BCUT2D eigenvalue weighted by Gasteiger charge is 2.41. The van der Waals surface area contributed by atoms with Gasteiger partial charge in [-0.1, -0.05) is 19.1 Å². The van der Waals surface area contributed by atoms with Gasteiger partial charge in [0.05, 0.1) is 0 Å². The maximum absolute atomic E-state index is 11.5. The van der Waals surface area contributed by atoms with E-state index >= 15 is 0 Å². The fraction of sp³-hybridized carbons (Fsp3) is 0.769. The van der Waals surface area contributed by atoms with Crippen LogP contribution in [0.15, 0.2) is 24.3 Å². The molecule has 1 amide bonds. The van der Waals surface area contributed by atoms with Crippen LogP contribution in [0.4, 0.5) is 0 Å². The Morgan fingerprint density at radius 3 is 2.03 bits per heavy atom. The maximum atomic E-state index is 11.5. The second-order valence-electron chi connectivity index (χ2n) is 11.1. The van der Waals surface area contributed by atoms with Gasteiger partial charge in [-0.15, -0.1) is 0 Å². The van der Waals surface area contributed by atoms with Crippen LogP contribution in [0.3, 0.4) is 0 Å². The monoisotopic (exact) mass is 449 g/mol. The Morgan fingerprint density at radius 2 is 1.53 bits per heavy atom. The van der Waals surface area contributed by atoms with Crippen LogP contribution in [-0.2, 0) is 14.3 Å². The SMILES string of the molecule is C/C=C/C(=O)NC1CC(C)(C)NC(C)(C)C1.C/C=C/C(=O)OC1CCN(C)C(C)(C)C1C. The van der Waals surface area contributed by atoms with E-state index in [-0.39, 0.29) is 40.6 Å². The first-order valence-corrected chi connectivity index (χ1v) is 11.9. The number of amides is 1. The quantitative estimate of drug-likeness (QED) is 0.497. The van der Waals surface area contributed by atoms with E-state index in [1.165, 1.54) is 6.08 Å². The highest BCUT2D eigenvalue weighted by molar-refractivity contribution is 5.87. The third kappa shape index (κ3) is 8.70. The van der Waals surface area contributed by atoms with Crippen molar-refractivity contribution in [1.82, 2.24) is 15.5 Å². The molecule has 6 heteroatoms. The van der Waals surface area contributed by atoms with Crippen LogP contribution in [0.1, 0.15) is 81.6 Å². The second-order valence-corrected chi connectivity index (χ2v) is 11.1. The molecule has 6 nitrogen and oxygen atoms in total. The van der Waals surface area contributed by atoms with Gasteiger partial charge < -0.3 is 20.3 Å². The fourth-order valence-electron chi connectivity index (χ4n) is 4.97. The fourth-order valence-corrected chi connectivity index (χ4v) is 4.97. The van der Waals surface area contributed by atoms with Crippen LogP contribution < -0.4 is 10.6 Å². The van der Waals surface area contributed by atoms with Crippen LogP contribution in [0, 0.1) is 5.92 Å². The van der Waals surface area contributed by atoms with Crippen molar-refractivity contribution in [2.75, 3.05) is 13.6 Å². The van der Waals surface area contributed by atoms with Crippen LogP contribution in [0.2, 0.25) is 0 Å². The van der Waals surface area contributed by atoms with Gasteiger partial charge in [0.25, 0.3) is 0 Å². The highest BCUT2D eigenvalue weighted by atomic mass is 16.5. The summed E-state index contributed by atoms with van der Waals surface area (Å²) in [5.41, 5.74) is 0.240. The summed E-state index contributed by atoms with van der Waals surface area (Å²) in [6.07, 6.45) is 9.46. The number of likely N-dealkylation sites (tertiary alicyclic amines) is 1. The molecule has 0 aromatic heterocycles. The van der Waals surface area contributed by atoms with Gasteiger partial charge in [0, 0.05) is 41.2 Å². The van der Waals surface area contributed by atoms with Crippen molar-refractivity contribution in [2.24, 2.45) is 5.92 Å². The van der Waals surface area contributed by atoms with Crippen LogP contribution in [0.25, 0.3) is 0 Å². The molecule has 2 N–H and O–H groups in total. The summed E-state index contributed by atoms with van der Waals surface area (Å²) in [6.45, 7) is 19.9. The molecule has 2 aliphatic rings. The molecule has 0 aromatic carbocycles. The van der Waals surface area contributed by atoms with Gasteiger partial charge in [-0.3, -0.25) is 4.79 Å². The minimum Gasteiger partial charge on any atom is -0.459 e. The lowest BCUT2D eigenvalue weighted by Gasteiger charge is -2.48. The number of nitrogens with one attached hydrogen (secondary N) is 2. The summed E-state index contributed by atoms with van der Waals surface area (Å²) in [5, 5.41) is 6.66. The Hall–Kier alpha value is -1.66. The van der Waals surface area contributed by atoms with Gasteiger partial charge in [0.2, 0.25) is 5.91 Å². The number of hydrogen-bond donors (Lipinski definition) is 2. The lowest BCUT2D eigenvalue weighted by molar-refractivity contribution is -0.153. The molecule has 2 aliphatic heterocycles. The molecule has 184 valence electrons. The van der Waals surface area contributed by atoms with Crippen LogP contribution >= 0.6 is 0 Å². The summed E-state index contributed by atoms with van der Waals surface area (Å²) >= 11 is 0. The van der Waals surface area contributed by atoms with E-state index in [0.717, 1.165) is 25.8 Å². The van der Waals surface area contributed by atoms with E-state index in [1.54, 1.807) is 18.2 Å². The van der Waals surface area contributed by atoms with Gasteiger partial charge in [-0.05, 0) is 87.8 Å². The number of piperidine rings is 2. The Labute approximate surface area is 196 Å². The molecular formula is C26H47N3O3. The average molecular weight is 450 g/mol. The summed E-state index contributed by atoms with van der Waals surface area (Å²) in [4.78, 5) is 25.3. The molecule has 0 spiro atoms. The van der Waals surface area contributed by atoms with Gasteiger partial charge >= 0.3 is 5.97 Å². The molecule has 0 saturated carbocycles. The highest BCUT2D eigenvalue weighted by Crippen LogP contribution is 2.33. The smallest absolute Gasteiger partial charge is 0.330 e. The van der Waals surface area contributed by atoms with E-state index < -0.39 is 0 Å². The number of allylic oxidation sites excluding steroid dienone is 2. The zero-order valence-corrected chi connectivity index (χ0v) is 22.0. The second kappa shape index (κ2) is 11.5. The molecule has 0 aliphatic carbocycles. The first-order valence-electron chi connectivity index (χ1n) is 11.9. The molecule has 2 heterocycles. The lowest BCUT2D eigenvalue weighted by Crippen LogP contribution is -2.62. The number of carbonyl (C=O) groups is 2. The predicted octanol–water partition coefficient (Wildman–Crippen LogP) is 4.21. The Morgan fingerprint density at radius 1 is 1.00 bits per heavy atom. The van der Waals surface area contributed by atoms with E-state index in [1.807, 2.05) is 13.8 Å².